The quantitative estimate of drug-likeness (QED) is 0.644. The number of hydrogen-bond acceptors (Lipinski definition) is 5. The van der Waals surface area contributed by atoms with E-state index in [4.69, 9.17) is 0 Å². The van der Waals surface area contributed by atoms with Crippen LogP contribution >= 0.6 is 0 Å². The van der Waals surface area contributed by atoms with Gasteiger partial charge in [0.05, 0.1) is 5.92 Å². The molecule has 1 aromatic heterocycles. The van der Waals surface area contributed by atoms with Crippen molar-refractivity contribution >= 4 is 15.9 Å². The lowest BCUT2D eigenvalue weighted by atomic mass is 9.98. The Morgan fingerprint density at radius 1 is 1.32 bits per heavy atom. The van der Waals surface area contributed by atoms with Crippen molar-refractivity contribution in [3.05, 3.63) is 26.5 Å². The smallest absolute Gasteiger partial charge is 0.325 e. The number of nitrogens with one attached hydrogen (secondary N) is 3. The number of aromatic nitrogens is 2. The van der Waals surface area contributed by atoms with Gasteiger partial charge in [-0.3, -0.25) is 14.6 Å². The Labute approximate surface area is 145 Å². The summed E-state index contributed by atoms with van der Waals surface area (Å²) in [5, 5.41) is 2.82. The van der Waals surface area contributed by atoms with Crippen LogP contribution in [0.1, 0.15) is 32.4 Å². The second-order valence-corrected chi connectivity index (χ2v) is 8.58. The molecule has 0 aromatic carbocycles. The normalized spacial score (nSPS) is 19.1. The van der Waals surface area contributed by atoms with Gasteiger partial charge in [0, 0.05) is 25.3 Å². The predicted octanol–water partition coefficient (Wildman–Crippen LogP) is -0.455. The third kappa shape index (κ3) is 4.37. The molecule has 140 valence electrons. The van der Waals surface area contributed by atoms with Gasteiger partial charge < -0.3 is 10.3 Å². The molecule has 1 aromatic rings. The van der Waals surface area contributed by atoms with Gasteiger partial charge in [0.15, 0.2) is 4.90 Å². The Hall–Kier alpha value is -1.94. The number of H-pyrrole nitrogens is 2. The molecular weight excluding hydrogens is 348 g/mol. The Bertz CT molecular complexity index is 855. The van der Waals surface area contributed by atoms with Crippen LogP contribution in [0.25, 0.3) is 0 Å². The first-order valence-electron chi connectivity index (χ1n) is 8.24. The van der Waals surface area contributed by atoms with E-state index >= 15 is 0 Å². The molecule has 1 amide bonds. The van der Waals surface area contributed by atoms with Gasteiger partial charge in [0.1, 0.15) is 0 Å². The lowest BCUT2D eigenvalue weighted by Crippen LogP contribution is -2.47. The number of aromatic amines is 2. The fraction of sp³-hybridized carbons (Fsp3) is 0.667. The topological polar surface area (TPSA) is 132 Å². The summed E-state index contributed by atoms with van der Waals surface area (Å²) in [4.78, 5) is 39.2. The first kappa shape index (κ1) is 19.4. The van der Waals surface area contributed by atoms with E-state index in [9.17, 15) is 22.8 Å². The molecule has 25 heavy (non-hydrogen) atoms. The standard InChI is InChI=1S/C15H24N4O5S/c1-9(2)7-16-13(20)11-5-4-6-19(8-11)25(23,24)12-10(3)17-15(22)18-14(12)21/h9,11H,4-8H2,1-3H3,(H,16,20)(H2,17,18,21,22). The molecule has 0 spiro atoms. The van der Waals surface area contributed by atoms with Gasteiger partial charge in [-0.1, -0.05) is 13.8 Å². The van der Waals surface area contributed by atoms with Gasteiger partial charge in [0.2, 0.25) is 15.9 Å². The highest BCUT2D eigenvalue weighted by molar-refractivity contribution is 7.89. The van der Waals surface area contributed by atoms with E-state index in [2.05, 4.69) is 10.3 Å². The molecule has 1 aliphatic rings. The first-order chi connectivity index (χ1) is 11.6. The third-order valence-electron chi connectivity index (χ3n) is 4.11. The molecule has 1 atom stereocenters. The number of hydrogen-bond donors (Lipinski definition) is 3. The summed E-state index contributed by atoms with van der Waals surface area (Å²) >= 11 is 0. The first-order valence-corrected chi connectivity index (χ1v) is 9.68. The molecule has 1 fully saturated rings. The number of nitrogens with zero attached hydrogens (tertiary/aromatic N) is 1. The number of carbonyl (C=O) groups excluding carboxylic acids is 1. The Morgan fingerprint density at radius 2 is 2.00 bits per heavy atom. The average molecular weight is 372 g/mol. The van der Waals surface area contributed by atoms with E-state index < -0.39 is 32.1 Å². The molecule has 0 aliphatic carbocycles. The van der Waals surface area contributed by atoms with Crippen LogP contribution < -0.4 is 16.6 Å². The largest absolute Gasteiger partial charge is 0.356 e. The SMILES string of the molecule is Cc1[nH]c(=O)[nH]c(=O)c1S(=O)(=O)N1CCCC(C(=O)NCC(C)C)C1. The van der Waals surface area contributed by atoms with Crippen LogP contribution in [-0.2, 0) is 14.8 Å². The van der Waals surface area contributed by atoms with Gasteiger partial charge >= 0.3 is 5.69 Å². The van der Waals surface area contributed by atoms with E-state index in [0.717, 1.165) is 4.31 Å². The zero-order chi connectivity index (χ0) is 18.8. The zero-order valence-corrected chi connectivity index (χ0v) is 15.4. The monoisotopic (exact) mass is 372 g/mol. The van der Waals surface area contributed by atoms with Crippen LogP contribution in [0.5, 0.6) is 0 Å². The number of aryl methyl sites for hydroxylation is 1. The van der Waals surface area contributed by atoms with Crippen LogP contribution in [0.15, 0.2) is 14.5 Å². The van der Waals surface area contributed by atoms with Gasteiger partial charge in [-0.15, -0.1) is 0 Å². The van der Waals surface area contributed by atoms with Crippen molar-refractivity contribution in [3.8, 4) is 0 Å². The van der Waals surface area contributed by atoms with Gasteiger partial charge in [0.25, 0.3) is 5.56 Å². The molecule has 1 saturated heterocycles. The number of sulfonamides is 1. The molecular formula is C15H24N4O5S. The Balaban J connectivity index is 2.24. The predicted molar refractivity (Wildman–Crippen MR) is 91.8 cm³/mol. The fourth-order valence-corrected chi connectivity index (χ4v) is 4.58. The van der Waals surface area contributed by atoms with Gasteiger partial charge in [-0.25, -0.2) is 13.2 Å². The van der Waals surface area contributed by atoms with Crippen molar-refractivity contribution < 1.29 is 13.2 Å². The average Bonchev–Trinajstić information content (AvgIpc) is 2.51. The molecule has 2 rings (SSSR count). The Kier molecular flexibility index (Phi) is 5.83. The summed E-state index contributed by atoms with van der Waals surface area (Å²) in [6.45, 7) is 6.09. The fourth-order valence-electron chi connectivity index (χ4n) is 2.85. The van der Waals surface area contributed by atoms with Crippen molar-refractivity contribution in [2.24, 2.45) is 11.8 Å². The van der Waals surface area contributed by atoms with E-state index in [1.54, 1.807) is 0 Å². The van der Waals surface area contributed by atoms with Crippen molar-refractivity contribution in [1.29, 1.82) is 0 Å². The minimum Gasteiger partial charge on any atom is -0.356 e. The number of piperidine rings is 1. The molecule has 10 heteroatoms. The van der Waals surface area contributed by atoms with E-state index in [1.165, 1.54) is 6.92 Å². The van der Waals surface area contributed by atoms with Crippen molar-refractivity contribution in [3.63, 3.8) is 0 Å². The molecule has 1 aliphatic heterocycles. The van der Waals surface area contributed by atoms with Crippen molar-refractivity contribution in [1.82, 2.24) is 19.6 Å². The van der Waals surface area contributed by atoms with E-state index in [0.29, 0.717) is 25.3 Å². The molecule has 3 N–H and O–H groups in total. The van der Waals surface area contributed by atoms with E-state index in [-0.39, 0.29) is 24.7 Å². The van der Waals surface area contributed by atoms with Gasteiger partial charge in [-0.2, -0.15) is 4.31 Å². The lowest BCUT2D eigenvalue weighted by Gasteiger charge is -2.31. The summed E-state index contributed by atoms with van der Waals surface area (Å²) in [5.74, 6) is -0.333. The lowest BCUT2D eigenvalue weighted by molar-refractivity contribution is -0.126. The zero-order valence-electron chi connectivity index (χ0n) is 14.6. The second kappa shape index (κ2) is 7.52. The molecule has 0 radical (unpaired) electrons. The summed E-state index contributed by atoms with van der Waals surface area (Å²) in [5.41, 5.74) is -1.72. The second-order valence-electron chi connectivity index (χ2n) is 6.70. The van der Waals surface area contributed by atoms with Gasteiger partial charge in [-0.05, 0) is 25.7 Å². The number of carbonyl (C=O) groups is 1. The molecule has 9 nitrogen and oxygen atoms in total. The van der Waals surface area contributed by atoms with Crippen LogP contribution in [0.4, 0.5) is 0 Å². The summed E-state index contributed by atoms with van der Waals surface area (Å²) in [6.07, 6.45) is 1.12. The maximum atomic E-state index is 12.8. The highest BCUT2D eigenvalue weighted by Crippen LogP contribution is 2.23. The maximum Gasteiger partial charge on any atom is 0.325 e. The summed E-state index contributed by atoms with van der Waals surface area (Å²) in [7, 11) is -4.10. The molecule has 1 unspecified atom stereocenters. The third-order valence-corrected chi connectivity index (χ3v) is 6.13. The van der Waals surface area contributed by atoms with Crippen molar-refractivity contribution in [2.75, 3.05) is 19.6 Å². The van der Waals surface area contributed by atoms with E-state index in [1.807, 2.05) is 18.8 Å². The summed E-state index contributed by atoms with van der Waals surface area (Å²) < 4.78 is 26.8. The number of rotatable bonds is 5. The molecule has 2 heterocycles. The minimum atomic E-state index is -4.10. The highest BCUT2D eigenvalue weighted by Gasteiger charge is 2.35. The molecule has 0 saturated carbocycles. The van der Waals surface area contributed by atoms with Crippen LogP contribution in [0.3, 0.4) is 0 Å². The summed E-state index contributed by atoms with van der Waals surface area (Å²) in [6, 6.07) is 0. The Morgan fingerprint density at radius 3 is 2.60 bits per heavy atom. The van der Waals surface area contributed by atoms with Crippen LogP contribution in [0, 0.1) is 18.8 Å². The highest BCUT2D eigenvalue weighted by atomic mass is 32.2. The van der Waals surface area contributed by atoms with Crippen molar-refractivity contribution in [2.45, 2.75) is 38.5 Å². The van der Waals surface area contributed by atoms with Crippen LogP contribution in [-0.4, -0.2) is 48.2 Å². The van der Waals surface area contributed by atoms with Crippen LogP contribution in [0.2, 0.25) is 0 Å². The number of amides is 1. The maximum absolute atomic E-state index is 12.8. The minimum absolute atomic E-state index is 0.0138. The molecule has 0 bridgehead atoms.